The highest BCUT2D eigenvalue weighted by molar-refractivity contribution is 5.56. The van der Waals surface area contributed by atoms with Gasteiger partial charge in [0.05, 0.1) is 12.2 Å². The molecule has 3 heterocycles. The van der Waals surface area contributed by atoms with Gasteiger partial charge in [-0.15, -0.1) is 0 Å². The second kappa shape index (κ2) is 13.0. The Morgan fingerprint density at radius 3 is 2.41 bits per heavy atom. The Labute approximate surface area is 191 Å². The monoisotopic (exact) mass is 446 g/mol. The molecule has 0 aromatic rings. The standard InChI is InChI=1S/C25H38N2O5/c1-4-7-13-29-17-20-22(30-14-8-5-2)23(31-15-9-6-3)21(32-20)19-16-18-11-10-12-26-24(18)27-25(19)28/h10-12,16,20-23H,4-9,13-15,17H2,1-3H3,(H,26,27,28)/t20-,21+,22?,23-/m1/s1. The smallest absolute Gasteiger partial charge is 0.277 e. The van der Waals surface area contributed by atoms with E-state index in [0.717, 1.165) is 44.1 Å². The summed E-state index contributed by atoms with van der Waals surface area (Å²) in [5, 5.41) is 0. The maximum atomic E-state index is 12.9. The molecular weight excluding hydrogens is 408 g/mol. The predicted octanol–water partition coefficient (Wildman–Crippen LogP) is 4.50. The maximum Gasteiger partial charge on any atom is 0.277 e. The molecule has 0 aliphatic carbocycles. The van der Waals surface area contributed by atoms with E-state index in [4.69, 9.17) is 18.9 Å². The summed E-state index contributed by atoms with van der Waals surface area (Å²) < 4.78 is 24.9. The Morgan fingerprint density at radius 1 is 1.00 bits per heavy atom. The summed E-state index contributed by atoms with van der Waals surface area (Å²) in [6, 6.07) is 5.69. The third kappa shape index (κ3) is 6.38. The van der Waals surface area contributed by atoms with E-state index in [-0.39, 0.29) is 23.9 Å². The second-order valence-electron chi connectivity index (χ2n) is 8.39. The summed E-state index contributed by atoms with van der Waals surface area (Å²) in [5.74, 6) is 0.567. The Bertz CT molecular complexity index is 826. The van der Waals surface area contributed by atoms with Crippen molar-refractivity contribution in [3.8, 4) is 11.4 Å². The molecule has 32 heavy (non-hydrogen) atoms. The quantitative estimate of drug-likeness (QED) is 0.430. The zero-order chi connectivity index (χ0) is 22.8. The summed E-state index contributed by atoms with van der Waals surface area (Å²) in [5.41, 5.74) is 1.08. The molecule has 1 saturated heterocycles. The number of unbranched alkanes of at least 4 members (excludes halogenated alkanes) is 3. The normalized spacial score (nSPS) is 23.2. The maximum absolute atomic E-state index is 12.9. The van der Waals surface area contributed by atoms with Gasteiger partial charge in [0.2, 0.25) is 0 Å². The van der Waals surface area contributed by atoms with Crippen LogP contribution in [0.2, 0.25) is 0 Å². The Hall–Kier alpha value is -1.80. The largest absolute Gasteiger partial charge is 0.379 e. The topological polar surface area (TPSA) is 82.7 Å². The lowest BCUT2D eigenvalue weighted by Crippen LogP contribution is -2.39. The first-order valence-electron chi connectivity index (χ1n) is 12.1. The second-order valence-corrected chi connectivity index (χ2v) is 8.39. The molecule has 4 atom stereocenters. The van der Waals surface area contributed by atoms with Crippen molar-refractivity contribution < 1.29 is 18.9 Å². The SMILES string of the molecule is CCCCOC[C@H]1O[C@@H](c2cc3ccc[nH]c-3nc2=O)[C@@H](OCCCC)C1OCCCC. The molecule has 7 nitrogen and oxygen atoms in total. The number of fused-ring (bicyclic) bond motifs is 1. The van der Waals surface area contributed by atoms with Crippen LogP contribution in [0.3, 0.4) is 0 Å². The summed E-state index contributed by atoms with van der Waals surface area (Å²) >= 11 is 0. The number of pyridine rings is 2. The van der Waals surface area contributed by atoms with Crippen molar-refractivity contribution in [3.05, 3.63) is 40.3 Å². The number of rotatable bonds is 14. The first kappa shape index (κ1) is 24.8. The van der Waals surface area contributed by atoms with Gasteiger partial charge in [0.15, 0.2) is 0 Å². The number of aromatic amines is 1. The number of nitrogens with zero attached hydrogens (tertiary/aromatic N) is 1. The predicted molar refractivity (Wildman–Crippen MR) is 124 cm³/mol. The van der Waals surface area contributed by atoms with E-state index < -0.39 is 6.10 Å². The van der Waals surface area contributed by atoms with Gasteiger partial charge in [-0.25, -0.2) is 0 Å². The highest BCUT2D eigenvalue weighted by Crippen LogP contribution is 2.37. The van der Waals surface area contributed by atoms with Crippen LogP contribution in [0.1, 0.15) is 71.0 Å². The van der Waals surface area contributed by atoms with Crippen LogP contribution >= 0.6 is 0 Å². The van der Waals surface area contributed by atoms with Crippen LogP contribution in [0.5, 0.6) is 0 Å². The van der Waals surface area contributed by atoms with Gasteiger partial charge in [-0.3, -0.25) is 4.79 Å². The summed E-state index contributed by atoms with van der Waals surface area (Å²) in [6.07, 6.45) is 6.33. The van der Waals surface area contributed by atoms with E-state index in [0.29, 0.717) is 37.8 Å². The zero-order valence-corrected chi connectivity index (χ0v) is 19.7. The number of H-pyrrole nitrogens is 1. The molecule has 0 bridgehead atoms. The van der Waals surface area contributed by atoms with Crippen LogP contribution in [-0.4, -0.2) is 54.7 Å². The number of hydrogen-bond acceptors (Lipinski definition) is 6. The van der Waals surface area contributed by atoms with Crippen LogP contribution < -0.4 is 5.56 Å². The van der Waals surface area contributed by atoms with Gasteiger partial charge in [-0.2, -0.15) is 4.98 Å². The fourth-order valence-corrected chi connectivity index (χ4v) is 3.92. The van der Waals surface area contributed by atoms with Crippen molar-refractivity contribution in [3.63, 3.8) is 0 Å². The Kier molecular flexibility index (Phi) is 10.1. The van der Waals surface area contributed by atoms with Crippen LogP contribution in [-0.2, 0) is 18.9 Å². The van der Waals surface area contributed by atoms with E-state index in [1.54, 1.807) is 6.20 Å². The van der Waals surface area contributed by atoms with Crippen LogP contribution in [0, 0.1) is 0 Å². The molecule has 0 aromatic heterocycles. The van der Waals surface area contributed by atoms with Crippen LogP contribution in [0.15, 0.2) is 29.2 Å². The van der Waals surface area contributed by atoms with E-state index >= 15 is 0 Å². The molecule has 0 radical (unpaired) electrons. The molecule has 0 amide bonds. The molecule has 0 spiro atoms. The molecule has 1 N–H and O–H groups in total. The van der Waals surface area contributed by atoms with Gasteiger partial charge in [0.1, 0.15) is 30.2 Å². The number of nitrogens with one attached hydrogen (secondary N) is 1. The molecule has 3 rings (SSSR count). The van der Waals surface area contributed by atoms with Crippen LogP contribution in [0.25, 0.3) is 11.4 Å². The summed E-state index contributed by atoms with van der Waals surface area (Å²) in [7, 11) is 0. The molecular formula is C25H38N2O5. The lowest BCUT2D eigenvalue weighted by Gasteiger charge is -2.25. The number of aromatic nitrogens is 2. The highest BCUT2D eigenvalue weighted by atomic mass is 16.6. The first-order valence-corrected chi connectivity index (χ1v) is 12.1. The van der Waals surface area contributed by atoms with E-state index in [2.05, 4.69) is 30.7 Å². The third-order valence-electron chi connectivity index (χ3n) is 5.79. The van der Waals surface area contributed by atoms with Crippen LogP contribution in [0.4, 0.5) is 0 Å². The fraction of sp³-hybridized carbons (Fsp3) is 0.680. The van der Waals surface area contributed by atoms with Gasteiger partial charge >= 0.3 is 0 Å². The summed E-state index contributed by atoms with van der Waals surface area (Å²) in [6.45, 7) is 8.74. The molecule has 0 aromatic carbocycles. The van der Waals surface area contributed by atoms with Gasteiger partial charge < -0.3 is 23.9 Å². The minimum atomic E-state index is -0.539. The lowest BCUT2D eigenvalue weighted by atomic mass is 10.00. The number of ether oxygens (including phenoxy) is 4. The van der Waals surface area contributed by atoms with Crippen molar-refractivity contribution in [2.24, 2.45) is 0 Å². The molecule has 0 saturated carbocycles. The molecule has 3 aliphatic rings. The van der Waals surface area contributed by atoms with E-state index in [1.165, 1.54) is 0 Å². The third-order valence-corrected chi connectivity index (χ3v) is 5.79. The molecule has 3 aliphatic heterocycles. The van der Waals surface area contributed by atoms with Crippen molar-refractivity contribution >= 4 is 0 Å². The molecule has 1 unspecified atom stereocenters. The minimum Gasteiger partial charge on any atom is -0.379 e. The summed E-state index contributed by atoms with van der Waals surface area (Å²) in [4.78, 5) is 20.2. The minimum absolute atomic E-state index is 0.289. The van der Waals surface area contributed by atoms with E-state index in [1.807, 2.05) is 18.2 Å². The Morgan fingerprint density at radius 2 is 1.69 bits per heavy atom. The van der Waals surface area contributed by atoms with Crippen molar-refractivity contribution in [2.75, 3.05) is 26.4 Å². The van der Waals surface area contributed by atoms with Crippen molar-refractivity contribution in [2.45, 2.75) is 83.7 Å². The van der Waals surface area contributed by atoms with Crippen molar-refractivity contribution in [1.82, 2.24) is 9.97 Å². The lowest BCUT2D eigenvalue weighted by molar-refractivity contribution is -0.0795. The fourth-order valence-electron chi connectivity index (χ4n) is 3.92. The molecule has 1 fully saturated rings. The Balaban J connectivity index is 1.88. The van der Waals surface area contributed by atoms with Gasteiger partial charge in [-0.05, 0) is 37.5 Å². The van der Waals surface area contributed by atoms with E-state index in [9.17, 15) is 4.79 Å². The van der Waals surface area contributed by atoms with Gasteiger partial charge in [0, 0.05) is 31.6 Å². The average molecular weight is 447 g/mol. The molecule has 7 heteroatoms. The van der Waals surface area contributed by atoms with Gasteiger partial charge in [0.25, 0.3) is 5.56 Å². The first-order chi connectivity index (χ1) is 15.7. The average Bonchev–Trinajstić information content (AvgIpc) is 3.13. The number of hydrogen-bond donors (Lipinski definition) is 1. The zero-order valence-electron chi connectivity index (χ0n) is 19.7. The van der Waals surface area contributed by atoms with Crippen molar-refractivity contribution in [1.29, 1.82) is 0 Å². The van der Waals surface area contributed by atoms with Gasteiger partial charge in [-0.1, -0.05) is 40.0 Å². The highest BCUT2D eigenvalue weighted by Gasteiger charge is 2.48. The molecule has 178 valence electrons.